The number of piperidine rings is 1. The third kappa shape index (κ3) is 4.61. The lowest BCUT2D eigenvalue weighted by Gasteiger charge is -2.37. The normalized spacial score (nSPS) is 23.0. The van der Waals surface area contributed by atoms with Crippen LogP contribution in [0.1, 0.15) is 67.1 Å². The maximum atomic E-state index is 13.8. The van der Waals surface area contributed by atoms with Crippen LogP contribution in [-0.4, -0.2) is 57.2 Å². The van der Waals surface area contributed by atoms with Crippen LogP contribution in [0.3, 0.4) is 0 Å². The molecule has 188 valence electrons. The molecule has 3 aliphatic heterocycles. The number of likely N-dealkylation sites (tertiary alicyclic amines) is 1. The van der Waals surface area contributed by atoms with Crippen molar-refractivity contribution >= 4 is 11.8 Å². The zero-order valence-corrected chi connectivity index (χ0v) is 20.3. The summed E-state index contributed by atoms with van der Waals surface area (Å²) in [6.07, 6.45) is 1.49. The Labute approximate surface area is 208 Å². The van der Waals surface area contributed by atoms with E-state index >= 15 is 0 Å². The Hall–Kier alpha value is -3.28. The molecule has 0 aliphatic carbocycles. The molecule has 3 heterocycles. The number of fused-ring (bicyclic) bond motifs is 1. The molecule has 2 aromatic rings. The molecule has 2 amide bonds. The van der Waals surface area contributed by atoms with Gasteiger partial charge in [0, 0.05) is 43.1 Å². The van der Waals surface area contributed by atoms with Gasteiger partial charge in [-0.3, -0.25) is 9.59 Å². The first-order valence-electron chi connectivity index (χ1n) is 12.2. The first-order chi connectivity index (χ1) is 17.0. The maximum absolute atomic E-state index is 13.8. The molecule has 0 aromatic heterocycles. The number of benzene rings is 2. The van der Waals surface area contributed by atoms with Crippen LogP contribution in [0.4, 0.5) is 8.78 Å². The van der Waals surface area contributed by atoms with E-state index in [0.29, 0.717) is 55.5 Å². The van der Waals surface area contributed by atoms with E-state index in [4.69, 9.17) is 4.74 Å². The summed E-state index contributed by atoms with van der Waals surface area (Å²) in [4.78, 5) is 29.9. The van der Waals surface area contributed by atoms with Crippen LogP contribution in [0.15, 0.2) is 42.5 Å². The smallest absolute Gasteiger partial charge is 0.257 e. The van der Waals surface area contributed by atoms with Crippen molar-refractivity contribution in [1.82, 2.24) is 9.80 Å². The predicted octanol–water partition coefficient (Wildman–Crippen LogP) is 3.78. The second-order valence-corrected chi connectivity index (χ2v) is 10.3. The summed E-state index contributed by atoms with van der Waals surface area (Å²) in [6.45, 7) is 3.94. The van der Waals surface area contributed by atoms with Gasteiger partial charge in [-0.2, -0.15) is 0 Å². The SMILES string of the molecule is CC(C)(O)C#Cc1ccc(C(=O)N2CCC3(CC2)OC2CCC(c4cc(F)cc(F)c4)N2C3=O)cc1. The van der Waals surface area contributed by atoms with Crippen molar-refractivity contribution in [2.75, 3.05) is 13.1 Å². The summed E-state index contributed by atoms with van der Waals surface area (Å²) in [6, 6.07) is 9.84. The number of nitrogens with zero attached hydrogens (tertiary/aromatic N) is 2. The van der Waals surface area contributed by atoms with Crippen molar-refractivity contribution in [2.24, 2.45) is 0 Å². The average Bonchev–Trinajstić information content (AvgIpc) is 3.35. The van der Waals surface area contributed by atoms with Gasteiger partial charge in [0.15, 0.2) is 5.60 Å². The summed E-state index contributed by atoms with van der Waals surface area (Å²) in [5.74, 6) is 3.99. The highest BCUT2D eigenvalue weighted by atomic mass is 19.1. The van der Waals surface area contributed by atoms with Crippen molar-refractivity contribution in [1.29, 1.82) is 0 Å². The Bertz CT molecular complexity index is 1230. The van der Waals surface area contributed by atoms with E-state index in [0.717, 1.165) is 6.07 Å². The van der Waals surface area contributed by atoms with Crippen LogP contribution in [-0.2, 0) is 9.53 Å². The summed E-state index contributed by atoms with van der Waals surface area (Å²) in [5, 5.41) is 9.74. The lowest BCUT2D eigenvalue weighted by molar-refractivity contribution is -0.142. The minimum Gasteiger partial charge on any atom is -0.378 e. The van der Waals surface area contributed by atoms with E-state index in [1.165, 1.54) is 12.1 Å². The molecule has 3 aliphatic rings. The zero-order chi connectivity index (χ0) is 25.7. The molecule has 1 spiro atoms. The molecule has 2 aromatic carbocycles. The molecular formula is C28H28F2N2O4. The number of hydrogen-bond acceptors (Lipinski definition) is 4. The molecule has 3 fully saturated rings. The Balaban J connectivity index is 1.25. The molecule has 0 bridgehead atoms. The molecule has 36 heavy (non-hydrogen) atoms. The number of carbonyl (C=O) groups excluding carboxylic acids is 2. The van der Waals surface area contributed by atoms with Crippen molar-refractivity contribution in [3.8, 4) is 11.8 Å². The Morgan fingerprint density at radius 1 is 1.08 bits per heavy atom. The fourth-order valence-corrected chi connectivity index (χ4v) is 5.31. The molecule has 2 atom stereocenters. The van der Waals surface area contributed by atoms with Crippen molar-refractivity contribution in [3.63, 3.8) is 0 Å². The van der Waals surface area contributed by atoms with Gasteiger partial charge in [0.05, 0.1) is 6.04 Å². The summed E-state index contributed by atoms with van der Waals surface area (Å²) in [7, 11) is 0. The summed E-state index contributed by atoms with van der Waals surface area (Å²) < 4.78 is 33.9. The number of ether oxygens (including phenoxy) is 1. The van der Waals surface area contributed by atoms with Crippen molar-refractivity contribution < 1.29 is 28.2 Å². The zero-order valence-electron chi connectivity index (χ0n) is 20.3. The fourth-order valence-electron chi connectivity index (χ4n) is 5.31. The van der Waals surface area contributed by atoms with E-state index in [9.17, 15) is 23.5 Å². The van der Waals surface area contributed by atoms with Gasteiger partial charge in [-0.05, 0) is 68.7 Å². The molecule has 8 heteroatoms. The Morgan fingerprint density at radius 3 is 2.33 bits per heavy atom. The van der Waals surface area contributed by atoms with Gasteiger partial charge in [0.2, 0.25) is 0 Å². The number of aliphatic hydroxyl groups is 1. The van der Waals surface area contributed by atoms with E-state index in [-0.39, 0.29) is 11.8 Å². The van der Waals surface area contributed by atoms with Crippen LogP contribution in [0.25, 0.3) is 0 Å². The molecule has 3 saturated heterocycles. The van der Waals surface area contributed by atoms with Crippen LogP contribution in [0.5, 0.6) is 0 Å². The molecule has 5 rings (SSSR count). The van der Waals surface area contributed by atoms with Gasteiger partial charge in [0.25, 0.3) is 11.8 Å². The molecule has 1 N–H and O–H groups in total. The second-order valence-electron chi connectivity index (χ2n) is 10.3. The Kier molecular flexibility index (Phi) is 6.09. The number of hydrogen-bond donors (Lipinski definition) is 1. The first-order valence-corrected chi connectivity index (χ1v) is 12.2. The minimum atomic E-state index is -1.10. The molecule has 2 unspecified atom stereocenters. The number of carbonyl (C=O) groups is 2. The number of halogens is 2. The van der Waals surface area contributed by atoms with Crippen LogP contribution in [0, 0.1) is 23.5 Å². The van der Waals surface area contributed by atoms with Gasteiger partial charge in [0.1, 0.15) is 23.5 Å². The van der Waals surface area contributed by atoms with E-state index in [1.54, 1.807) is 47.9 Å². The standard InChI is InChI=1S/C28H28F2N2O4/c1-27(2,35)10-9-18-3-5-19(6-4-18)25(33)31-13-11-28(12-14-31)26(34)32-23(7-8-24(32)36-28)20-15-21(29)17-22(30)16-20/h3-6,15-17,23-24,35H,7-8,11-14H2,1-2H3. The van der Waals surface area contributed by atoms with Gasteiger partial charge in [-0.15, -0.1) is 0 Å². The topological polar surface area (TPSA) is 70.1 Å². The third-order valence-electron chi connectivity index (χ3n) is 7.09. The summed E-state index contributed by atoms with van der Waals surface area (Å²) in [5.41, 5.74) is -0.451. The van der Waals surface area contributed by atoms with Crippen molar-refractivity contribution in [2.45, 2.75) is 63.0 Å². The molecule has 6 nitrogen and oxygen atoms in total. The lowest BCUT2D eigenvalue weighted by atomic mass is 9.89. The third-order valence-corrected chi connectivity index (χ3v) is 7.09. The van der Waals surface area contributed by atoms with E-state index < -0.39 is 35.1 Å². The highest BCUT2D eigenvalue weighted by Gasteiger charge is 2.58. The molecule has 0 radical (unpaired) electrons. The van der Waals surface area contributed by atoms with Gasteiger partial charge in [-0.1, -0.05) is 11.8 Å². The van der Waals surface area contributed by atoms with E-state index in [1.807, 2.05) is 0 Å². The lowest BCUT2D eigenvalue weighted by Crippen LogP contribution is -2.51. The monoisotopic (exact) mass is 494 g/mol. The maximum Gasteiger partial charge on any atom is 0.257 e. The van der Waals surface area contributed by atoms with Crippen LogP contribution in [0.2, 0.25) is 0 Å². The van der Waals surface area contributed by atoms with Gasteiger partial charge in [-0.25, -0.2) is 8.78 Å². The quantitative estimate of drug-likeness (QED) is 0.646. The highest BCUT2D eigenvalue weighted by molar-refractivity contribution is 5.95. The Morgan fingerprint density at radius 2 is 1.72 bits per heavy atom. The average molecular weight is 495 g/mol. The minimum absolute atomic E-state index is 0.133. The molecule has 0 saturated carbocycles. The number of rotatable bonds is 2. The second kappa shape index (κ2) is 8.99. The largest absolute Gasteiger partial charge is 0.378 e. The predicted molar refractivity (Wildman–Crippen MR) is 128 cm³/mol. The van der Waals surface area contributed by atoms with E-state index in [2.05, 4.69) is 11.8 Å². The summed E-state index contributed by atoms with van der Waals surface area (Å²) >= 11 is 0. The highest BCUT2D eigenvalue weighted by Crippen LogP contribution is 2.47. The van der Waals surface area contributed by atoms with Gasteiger partial charge < -0.3 is 19.6 Å². The van der Waals surface area contributed by atoms with Crippen LogP contribution < -0.4 is 0 Å². The number of amides is 2. The van der Waals surface area contributed by atoms with Crippen LogP contribution >= 0.6 is 0 Å². The van der Waals surface area contributed by atoms with Crippen molar-refractivity contribution in [3.05, 3.63) is 70.8 Å². The fraction of sp³-hybridized carbons (Fsp3) is 0.429. The van der Waals surface area contributed by atoms with Gasteiger partial charge >= 0.3 is 0 Å². The molecular weight excluding hydrogens is 466 g/mol. The first kappa shape index (κ1) is 24.4.